The minimum Gasteiger partial charge on any atom is -0.493 e. The maximum atomic E-state index is 11.2. The minimum atomic E-state index is -0.685. The van der Waals surface area contributed by atoms with Gasteiger partial charge < -0.3 is 14.6 Å². The highest BCUT2D eigenvalue weighted by Crippen LogP contribution is 2.29. The van der Waals surface area contributed by atoms with Crippen molar-refractivity contribution in [1.29, 1.82) is 0 Å². The summed E-state index contributed by atoms with van der Waals surface area (Å²) >= 11 is 0. The third kappa shape index (κ3) is 6.52. The van der Waals surface area contributed by atoms with Gasteiger partial charge in [-0.05, 0) is 43.5 Å². The Bertz CT molecular complexity index is 561. The summed E-state index contributed by atoms with van der Waals surface area (Å²) in [4.78, 5) is 13.4. The number of hydrogen-bond donors (Lipinski definition) is 1. The van der Waals surface area contributed by atoms with Crippen LogP contribution in [0, 0.1) is 5.92 Å². The highest BCUT2D eigenvalue weighted by atomic mass is 16.5. The van der Waals surface area contributed by atoms with E-state index in [9.17, 15) is 9.90 Å². The molecule has 1 unspecified atom stereocenters. The number of hydrogen-bond acceptors (Lipinski definition) is 4. The fraction of sp³-hybridized carbons (Fsp3) is 0.667. The Kier molecular flexibility index (Phi) is 8.75. The van der Waals surface area contributed by atoms with E-state index in [1.54, 1.807) is 7.11 Å². The van der Waals surface area contributed by atoms with Gasteiger partial charge in [0.15, 0.2) is 11.5 Å². The Morgan fingerprint density at radius 3 is 2.77 bits per heavy atom. The van der Waals surface area contributed by atoms with E-state index in [4.69, 9.17) is 9.47 Å². The van der Waals surface area contributed by atoms with Crippen LogP contribution in [0.2, 0.25) is 0 Å². The minimum absolute atomic E-state index is 0.249. The van der Waals surface area contributed by atoms with Crippen molar-refractivity contribution in [2.45, 2.75) is 58.4 Å². The van der Waals surface area contributed by atoms with Crippen molar-refractivity contribution in [3.05, 3.63) is 23.8 Å². The number of unbranched alkanes of at least 4 members (excludes halogenated alkanes) is 4. The summed E-state index contributed by atoms with van der Waals surface area (Å²) in [6.45, 7) is 5.24. The fourth-order valence-corrected chi connectivity index (χ4v) is 3.48. The third-order valence-corrected chi connectivity index (χ3v) is 4.99. The Labute approximate surface area is 157 Å². The van der Waals surface area contributed by atoms with Gasteiger partial charge in [0, 0.05) is 13.1 Å². The molecule has 1 atom stereocenters. The second-order valence-electron chi connectivity index (χ2n) is 7.16. The molecule has 0 saturated carbocycles. The molecular formula is C21H33NO4. The predicted octanol–water partition coefficient (Wildman–Crippen LogP) is 4.34. The number of carboxylic acids is 1. The number of benzene rings is 1. The molecule has 1 aromatic carbocycles. The van der Waals surface area contributed by atoms with E-state index in [0.29, 0.717) is 13.2 Å². The van der Waals surface area contributed by atoms with Gasteiger partial charge in [-0.2, -0.15) is 0 Å². The van der Waals surface area contributed by atoms with E-state index >= 15 is 0 Å². The zero-order valence-corrected chi connectivity index (χ0v) is 16.2. The van der Waals surface area contributed by atoms with E-state index in [0.717, 1.165) is 49.4 Å². The smallest absolute Gasteiger partial charge is 0.307 e. The molecule has 0 aliphatic carbocycles. The number of aliphatic carboxylic acids is 1. The van der Waals surface area contributed by atoms with Crippen LogP contribution in [0.25, 0.3) is 0 Å². The Balaban J connectivity index is 1.86. The van der Waals surface area contributed by atoms with E-state index in [1.807, 2.05) is 12.1 Å². The largest absolute Gasteiger partial charge is 0.493 e. The number of carboxylic acid groups (broad SMARTS) is 1. The van der Waals surface area contributed by atoms with Gasteiger partial charge in [-0.25, -0.2) is 0 Å². The second-order valence-corrected chi connectivity index (χ2v) is 7.16. The molecule has 1 N–H and O–H groups in total. The van der Waals surface area contributed by atoms with Gasteiger partial charge in [-0.15, -0.1) is 0 Å². The van der Waals surface area contributed by atoms with Crippen LogP contribution in [0.15, 0.2) is 18.2 Å². The average Bonchev–Trinajstić information content (AvgIpc) is 2.65. The van der Waals surface area contributed by atoms with E-state index in [2.05, 4.69) is 17.9 Å². The lowest BCUT2D eigenvalue weighted by Crippen LogP contribution is -2.38. The summed E-state index contributed by atoms with van der Waals surface area (Å²) in [6, 6.07) is 6.04. The van der Waals surface area contributed by atoms with Gasteiger partial charge in [0.25, 0.3) is 0 Å². The first-order chi connectivity index (χ1) is 12.6. The molecule has 1 aliphatic rings. The lowest BCUT2D eigenvalue weighted by molar-refractivity contribution is -0.143. The molecule has 1 heterocycles. The molecule has 1 saturated heterocycles. The lowest BCUT2D eigenvalue weighted by atomic mass is 9.98. The van der Waals surface area contributed by atoms with Crippen molar-refractivity contribution < 1.29 is 19.4 Å². The monoisotopic (exact) mass is 363 g/mol. The molecule has 0 aromatic heterocycles. The van der Waals surface area contributed by atoms with Gasteiger partial charge in [0.05, 0.1) is 19.6 Å². The van der Waals surface area contributed by atoms with Crippen LogP contribution in [0.3, 0.4) is 0 Å². The lowest BCUT2D eigenvalue weighted by Gasteiger charge is -2.30. The van der Waals surface area contributed by atoms with Crippen LogP contribution in [-0.2, 0) is 11.3 Å². The van der Waals surface area contributed by atoms with Crippen molar-refractivity contribution in [3.8, 4) is 11.5 Å². The maximum Gasteiger partial charge on any atom is 0.307 e. The van der Waals surface area contributed by atoms with Crippen molar-refractivity contribution in [3.63, 3.8) is 0 Å². The standard InChI is InChI=1S/C21H33NO4/c1-3-4-5-6-7-13-26-19-11-10-17(14-20(19)25-2)15-22-12-8-9-18(16-22)21(23)24/h10-11,14,18H,3-9,12-13,15-16H2,1-2H3,(H,23,24). The molecule has 0 spiro atoms. The first-order valence-electron chi connectivity index (χ1n) is 9.89. The number of piperidine rings is 1. The number of nitrogens with zero attached hydrogens (tertiary/aromatic N) is 1. The molecule has 5 nitrogen and oxygen atoms in total. The molecule has 1 aromatic rings. The van der Waals surface area contributed by atoms with Crippen LogP contribution in [-0.4, -0.2) is 42.8 Å². The van der Waals surface area contributed by atoms with Crippen LogP contribution < -0.4 is 9.47 Å². The molecular weight excluding hydrogens is 330 g/mol. The van der Waals surface area contributed by atoms with Gasteiger partial charge in [-0.1, -0.05) is 38.7 Å². The molecule has 2 rings (SSSR count). The van der Waals surface area contributed by atoms with E-state index in [1.165, 1.54) is 25.7 Å². The van der Waals surface area contributed by atoms with Gasteiger partial charge in [0.1, 0.15) is 0 Å². The number of rotatable bonds is 11. The summed E-state index contributed by atoms with van der Waals surface area (Å²) in [5, 5.41) is 9.23. The molecule has 0 radical (unpaired) electrons. The van der Waals surface area contributed by atoms with Crippen molar-refractivity contribution in [2.75, 3.05) is 26.8 Å². The molecule has 1 fully saturated rings. The molecule has 5 heteroatoms. The number of likely N-dealkylation sites (tertiary alicyclic amines) is 1. The normalized spacial score (nSPS) is 17.8. The topological polar surface area (TPSA) is 59.0 Å². The summed E-state index contributed by atoms with van der Waals surface area (Å²) in [5.41, 5.74) is 1.13. The van der Waals surface area contributed by atoms with Crippen molar-refractivity contribution in [1.82, 2.24) is 4.90 Å². The number of methoxy groups -OCH3 is 1. The maximum absolute atomic E-state index is 11.2. The zero-order valence-electron chi connectivity index (χ0n) is 16.2. The van der Waals surface area contributed by atoms with Crippen LogP contribution >= 0.6 is 0 Å². The van der Waals surface area contributed by atoms with Crippen molar-refractivity contribution >= 4 is 5.97 Å². The summed E-state index contributed by atoms with van der Waals surface area (Å²) in [5.74, 6) is 0.604. The molecule has 26 heavy (non-hydrogen) atoms. The summed E-state index contributed by atoms with van der Waals surface area (Å²) in [7, 11) is 1.66. The molecule has 146 valence electrons. The number of carbonyl (C=O) groups is 1. The molecule has 0 bridgehead atoms. The first kappa shape index (κ1) is 20.6. The van der Waals surface area contributed by atoms with E-state index in [-0.39, 0.29) is 5.92 Å². The highest BCUT2D eigenvalue weighted by molar-refractivity contribution is 5.70. The molecule has 0 amide bonds. The van der Waals surface area contributed by atoms with Crippen molar-refractivity contribution in [2.24, 2.45) is 5.92 Å². The van der Waals surface area contributed by atoms with E-state index < -0.39 is 5.97 Å². The predicted molar refractivity (Wildman–Crippen MR) is 103 cm³/mol. The van der Waals surface area contributed by atoms with Crippen LogP contribution in [0.4, 0.5) is 0 Å². The highest BCUT2D eigenvalue weighted by Gasteiger charge is 2.25. The fourth-order valence-electron chi connectivity index (χ4n) is 3.48. The van der Waals surface area contributed by atoms with Gasteiger partial charge in [-0.3, -0.25) is 9.69 Å². The van der Waals surface area contributed by atoms with Gasteiger partial charge in [0.2, 0.25) is 0 Å². The molecule has 1 aliphatic heterocycles. The van der Waals surface area contributed by atoms with Crippen LogP contribution in [0.5, 0.6) is 11.5 Å². The van der Waals surface area contributed by atoms with Crippen LogP contribution in [0.1, 0.15) is 57.4 Å². The second kappa shape index (κ2) is 11.1. The van der Waals surface area contributed by atoms with Gasteiger partial charge >= 0.3 is 5.97 Å². The summed E-state index contributed by atoms with van der Waals surface area (Å²) in [6.07, 6.45) is 7.79. The zero-order chi connectivity index (χ0) is 18.8. The number of ether oxygens (including phenoxy) is 2. The SMILES string of the molecule is CCCCCCCOc1ccc(CN2CCCC(C(=O)O)C2)cc1OC. The quantitative estimate of drug-likeness (QED) is 0.593. The Hall–Kier alpha value is -1.75. The Morgan fingerprint density at radius 1 is 1.23 bits per heavy atom. The Morgan fingerprint density at radius 2 is 2.04 bits per heavy atom. The average molecular weight is 363 g/mol. The first-order valence-corrected chi connectivity index (χ1v) is 9.89. The summed E-state index contributed by atoms with van der Waals surface area (Å²) < 4.78 is 11.4. The third-order valence-electron chi connectivity index (χ3n) is 4.99.